The average Bonchev–Trinajstić information content (AvgIpc) is 2.59. The fraction of sp³-hybridized carbons (Fsp3) is 0.333. The lowest BCUT2D eigenvalue weighted by atomic mass is 9.57. The molecule has 1 aliphatic carbocycles. The van der Waals surface area contributed by atoms with Crippen molar-refractivity contribution in [3.8, 4) is 5.75 Å². The molecule has 27 heavy (non-hydrogen) atoms. The summed E-state index contributed by atoms with van der Waals surface area (Å²) in [5.74, 6) is -1.60. The molecule has 1 amide bonds. The SMILES string of the molecule is O=C(O)C1CC2(C1)CN(C(=O)c1cc(OCc3ccccc3)ccc1F)C2. The standard InChI is InChI=1S/C21H20FNO4/c22-18-7-6-16(27-11-14-4-2-1-3-5-14)8-17(18)19(24)23-12-21(13-23)9-15(10-21)20(25)26/h1-8,15H,9-13H2,(H,25,26). The maximum absolute atomic E-state index is 14.2. The molecule has 0 atom stereocenters. The highest BCUT2D eigenvalue weighted by atomic mass is 19.1. The van der Waals surface area contributed by atoms with Crippen LogP contribution in [0.5, 0.6) is 5.75 Å². The van der Waals surface area contributed by atoms with Crippen molar-refractivity contribution in [3.05, 3.63) is 65.5 Å². The second-order valence-electron chi connectivity index (χ2n) is 7.52. The van der Waals surface area contributed by atoms with Gasteiger partial charge in [-0.3, -0.25) is 9.59 Å². The van der Waals surface area contributed by atoms with Crippen LogP contribution < -0.4 is 4.74 Å². The topological polar surface area (TPSA) is 66.8 Å². The quantitative estimate of drug-likeness (QED) is 0.878. The molecule has 1 N–H and O–H groups in total. The smallest absolute Gasteiger partial charge is 0.306 e. The number of carboxylic acid groups (broad SMARTS) is 1. The predicted octanol–water partition coefficient (Wildman–Crippen LogP) is 3.34. The molecule has 2 aliphatic rings. The maximum Gasteiger partial charge on any atom is 0.306 e. The van der Waals surface area contributed by atoms with Gasteiger partial charge in [-0.25, -0.2) is 4.39 Å². The van der Waals surface area contributed by atoms with Crippen LogP contribution in [0.25, 0.3) is 0 Å². The zero-order chi connectivity index (χ0) is 19.0. The van der Waals surface area contributed by atoms with Crippen LogP contribution in [-0.4, -0.2) is 35.0 Å². The van der Waals surface area contributed by atoms with Gasteiger partial charge in [0.15, 0.2) is 0 Å². The Morgan fingerprint density at radius 3 is 2.52 bits per heavy atom. The summed E-state index contributed by atoms with van der Waals surface area (Å²) in [6.45, 7) is 1.32. The first-order valence-corrected chi connectivity index (χ1v) is 8.94. The summed E-state index contributed by atoms with van der Waals surface area (Å²) in [6, 6.07) is 13.8. The number of amides is 1. The number of hydrogen-bond donors (Lipinski definition) is 1. The lowest BCUT2D eigenvalue weighted by molar-refractivity contribution is -0.157. The molecule has 4 rings (SSSR count). The molecule has 1 spiro atoms. The third kappa shape index (κ3) is 3.39. The second kappa shape index (κ2) is 6.68. The predicted molar refractivity (Wildman–Crippen MR) is 95.9 cm³/mol. The lowest BCUT2D eigenvalue weighted by Crippen LogP contribution is -2.64. The van der Waals surface area contributed by atoms with Crippen LogP contribution in [0.2, 0.25) is 0 Å². The molecule has 1 heterocycles. The van der Waals surface area contributed by atoms with E-state index in [4.69, 9.17) is 9.84 Å². The van der Waals surface area contributed by atoms with Crippen LogP contribution in [0, 0.1) is 17.2 Å². The number of carbonyl (C=O) groups excluding carboxylic acids is 1. The Labute approximate surface area is 156 Å². The van der Waals surface area contributed by atoms with Gasteiger partial charge in [-0.2, -0.15) is 0 Å². The van der Waals surface area contributed by atoms with Crippen molar-refractivity contribution in [2.24, 2.45) is 11.3 Å². The number of hydrogen-bond acceptors (Lipinski definition) is 3. The first-order valence-electron chi connectivity index (χ1n) is 8.94. The number of nitrogens with zero attached hydrogens (tertiary/aromatic N) is 1. The number of benzene rings is 2. The van der Waals surface area contributed by atoms with Gasteiger partial charge in [0.05, 0.1) is 11.5 Å². The van der Waals surface area contributed by atoms with Crippen molar-refractivity contribution in [1.82, 2.24) is 4.90 Å². The van der Waals surface area contributed by atoms with E-state index in [1.165, 1.54) is 18.2 Å². The van der Waals surface area contributed by atoms with Gasteiger partial charge in [-0.1, -0.05) is 30.3 Å². The number of carboxylic acids is 1. The van der Waals surface area contributed by atoms with Crippen molar-refractivity contribution in [2.75, 3.05) is 13.1 Å². The summed E-state index contributed by atoms with van der Waals surface area (Å²) in [7, 11) is 0. The van der Waals surface area contributed by atoms with Crippen molar-refractivity contribution in [3.63, 3.8) is 0 Å². The molecular formula is C21H20FNO4. The number of likely N-dealkylation sites (tertiary alicyclic amines) is 1. The highest BCUT2D eigenvalue weighted by Gasteiger charge is 2.55. The van der Waals surface area contributed by atoms with Crippen LogP contribution in [0.3, 0.4) is 0 Å². The first kappa shape index (κ1) is 17.5. The first-order chi connectivity index (χ1) is 13.0. The fourth-order valence-electron chi connectivity index (χ4n) is 3.99. The summed E-state index contributed by atoms with van der Waals surface area (Å²) >= 11 is 0. The largest absolute Gasteiger partial charge is 0.489 e. The number of rotatable bonds is 5. The van der Waals surface area contributed by atoms with E-state index in [0.717, 1.165) is 5.56 Å². The molecule has 2 fully saturated rings. The van der Waals surface area contributed by atoms with E-state index in [9.17, 15) is 14.0 Å². The summed E-state index contributed by atoms with van der Waals surface area (Å²) in [6.07, 6.45) is 1.18. The van der Waals surface area contributed by atoms with Crippen LogP contribution in [0.4, 0.5) is 4.39 Å². The van der Waals surface area contributed by atoms with Gasteiger partial charge in [0.1, 0.15) is 18.2 Å². The van der Waals surface area contributed by atoms with Gasteiger partial charge in [-0.05, 0) is 36.6 Å². The van der Waals surface area contributed by atoms with E-state index in [0.29, 0.717) is 38.3 Å². The van der Waals surface area contributed by atoms with Crippen molar-refractivity contribution in [2.45, 2.75) is 19.4 Å². The van der Waals surface area contributed by atoms with Crippen LogP contribution in [-0.2, 0) is 11.4 Å². The van der Waals surface area contributed by atoms with Crippen molar-refractivity contribution < 1.29 is 23.8 Å². The minimum Gasteiger partial charge on any atom is -0.489 e. The number of halogens is 1. The summed E-state index contributed by atoms with van der Waals surface area (Å²) in [4.78, 5) is 25.2. The molecule has 5 nitrogen and oxygen atoms in total. The minimum absolute atomic E-state index is 0.00970. The van der Waals surface area contributed by atoms with Gasteiger partial charge < -0.3 is 14.7 Å². The zero-order valence-corrected chi connectivity index (χ0v) is 14.7. The van der Waals surface area contributed by atoms with E-state index in [1.807, 2.05) is 30.3 Å². The Bertz CT molecular complexity index is 869. The number of aliphatic carboxylic acids is 1. The number of ether oxygens (including phenoxy) is 1. The van der Waals surface area contributed by atoms with E-state index >= 15 is 0 Å². The molecule has 140 valence electrons. The van der Waals surface area contributed by atoms with Crippen LogP contribution in [0.1, 0.15) is 28.8 Å². The molecule has 0 aromatic heterocycles. The van der Waals surface area contributed by atoms with E-state index < -0.39 is 11.8 Å². The molecular weight excluding hydrogens is 349 g/mol. The minimum atomic E-state index is -0.778. The summed E-state index contributed by atoms with van der Waals surface area (Å²) in [5.41, 5.74) is 0.887. The van der Waals surface area contributed by atoms with Gasteiger partial charge in [0, 0.05) is 18.5 Å². The van der Waals surface area contributed by atoms with E-state index in [-0.39, 0.29) is 22.8 Å². The summed E-state index contributed by atoms with van der Waals surface area (Å²) < 4.78 is 19.9. The lowest BCUT2D eigenvalue weighted by Gasteiger charge is -2.58. The molecule has 0 bridgehead atoms. The van der Waals surface area contributed by atoms with Crippen LogP contribution in [0.15, 0.2) is 48.5 Å². The Kier molecular flexibility index (Phi) is 4.34. The Hall–Kier alpha value is -2.89. The van der Waals surface area contributed by atoms with Crippen molar-refractivity contribution in [1.29, 1.82) is 0 Å². The van der Waals surface area contributed by atoms with Crippen molar-refractivity contribution >= 4 is 11.9 Å². The maximum atomic E-state index is 14.2. The molecule has 6 heteroatoms. The monoisotopic (exact) mass is 369 g/mol. The van der Waals surface area contributed by atoms with Crippen LogP contribution >= 0.6 is 0 Å². The second-order valence-corrected chi connectivity index (χ2v) is 7.52. The highest BCUT2D eigenvalue weighted by Crippen LogP contribution is 2.52. The number of carbonyl (C=O) groups is 2. The molecule has 0 unspecified atom stereocenters. The molecule has 2 aromatic rings. The van der Waals surface area contributed by atoms with Gasteiger partial charge >= 0.3 is 5.97 Å². The zero-order valence-electron chi connectivity index (χ0n) is 14.7. The van der Waals surface area contributed by atoms with E-state index in [2.05, 4.69) is 0 Å². The Morgan fingerprint density at radius 1 is 1.15 bits per heavy atom. The Morgan fingerprint density at radius 2 is 1.85 bits per heavy atom. The Balaban J connectivity index is 1.39. The molecule has 1 saturated heterocycles. The average molecular weight is 369 g/mol. The molecule has 0 radical (unpaired) electrons. The van der Waals surface area contributed by atoms with Gasteiger partial charge in [0.2, 0.25) is 0 Å². The van der Waals surface area contributed by atoms with Gasteiger partial charge in [0.25, 0.3) is 5.91 Å². The molecule has 2 aromatic carbocycles. The summed E-state index contributed by atoms with van der Waals surface area (Å²) in [5, 5.41) is 8.99. The highest BCUT2D eigenvalue weighted by molar-refractivity contribution is 5.95. The molecule has 1 aliphatic heterocycles. The fourth-order valence-corrected chi connectivity index (χ4v) is 3.99. The normalized spacial score (nSPS) is 17.9. The van der Waals surface area contributed by atoms with Gasteiger partial charge in [-0.15, -0.1) is 0 Å². The third-order valence-electron chi connectivity index (χ3n) is 5.46. The molecule has 1 saturated carbocycles. The third-order valence-corrected chi connectivity index (χ3v) is 5.46. The van der Waals surface area contributed by atoms with E-state index in [1.54, 1.807) is 4.90 Å².